The monoisotopic (exact) mass is 368 g/mol. The second-order valence-electron chi connectivity index (χ2n) is 7.61. The summed E-state index contributed by atoms with van der Waals surface area (Å²) < 4.78 is 1.89. The zero-order chi connectivity index (χ0) is 19.2. The van der Waals surface area contributed by atoms with Crippen LogP contribution in [0.2, 0.25) is 0 Å². The molecule has 1 aliphatic heterocycles. The summed E-state index contributed by atoms with van der Waals surface area (Å²) in [5, 5.41) is 7.92. The molecule has 0 amide bonds. The third-order valence-corrected chi connectivity index (χ3v) is 5.44. The second kappa shape index (κ2) is 9.04. The topological polar surface area (TPSA) is 48.7 Å². The van der Waals surface area contributed by atoms with Gasteiger partial charge in [0.2, 0.25) is 0 Å². The van der Waals surface area contributed by atoms with Gasteiger partial charge in [-0.1, -0.05) is 30.3 Å². The molecule has 0 radical (unpaired) electrons. The van der Waals surface area contributed by atoms with E-state index in [2.05, 4.69) is 75.8 Å². The van der Waals surface area contributed by atoms with Gasteiger partial charge in [-0.25, -0.2) is 0 Å². The van der Waals surface area contributed by atoms with Gasteiger partial charge < -0.3 is 15.1 Å². The van der Waals surface area contributed by atoms with Crippen molar-refractivity contribution in [2.24, 2.45) is 12.0 Å². The van der Waals surface area contributed by atoms with Crippen molar-refractivity contribution in [3.63, 3.8) is 0 Å². The SMILES string of the molecule is CN=C(NCC(Cc1ccccc1)N(C)C)N1CCC(c2cnn(C)c2)C1. The molecule has 146 valence electrons. The molecule has 27 heavy (non-hydrogen) atoms. The number of nitrogens with zero attached hydrogens (tertiary/aromatic N) is 5. The molecule has 1 saturated heterocycles. The van der Waals surface area contributed by atoms with E-state index in [-0.39, 0.29) is 0 Å². The lowest BCUT2D eigenvalue weighted by atomic mass is 10.0. The molecule has 1 aromatic heterocycles. The van der Waals surface area contributed by atoms with Gasteiger partial charge >= 0.3 is 0 Å². The minimum atomic E-state index is 0.417. The van der Waals surface area contributed by atoms with Crippen molar-refractivity contribution >= 4 is 5.96 Å². The van der Waals surface area contributed by atoms with Gasteiger partial charge in [0.1, 0.15) is 0 Å². The molecule has 2 aromatic rings. The second-order valence-corrected chi connectivity index (χ2v) is 7.61. The predicted molar refractivity (Wildman–Crippen MR) is 111 cm³/mol. The summed E-state index contributed by atoms with van der Waals surface area (Å²) in [7, 11) is 8.14. The maximum Gasteiger partial charge on any atom is 0.193 e. The van der Waals surface area contributed by atoms with Gasteiger partial charge in [0, 0.05) is 51.9 Å². The van der Waals surface area contributed by atoms with Gasteiger partial charge in [0.25, 0.3) is 0 Å². The quantitative estimate of drug-likeness (QED) is 0.626. The first-order valence-corrected chi connectivity index (χ1v) is 9.71. The smallest absolute Gasteiger partial charge is 0.193 e. The molecule has 0 bridgehead atoms. The van der Waals surface area contributed by atoms with E-state index in [4.69, 9.17) is 0 Å². The Morgan fingerprint density at radius 3 is 2.74 bits per heavy atom. The van der Waals surface area contributed by atoms with Crippen LogP contribution in [0.25, 0.3) is 0 Å². The molecule has 1 N–H and O–H groups in total. The van der Waals surface area contributed by atoms with Crippen LogP contribution in [0.5, 0.6) is 0 Å². The minimum Gasteiger partial charge on any atom is -0.355 e. The molecule has 1 fully saturated rings. The Morgan fingerprint density at radius 1 is 1.33 bits per heavy atom. The molecular formula is C21H32N6. The number of rotatable bonds is 6. The van der Waals surface area contributed by atoms with Crippen molar-refractivity contribution in [1.29, 1.82) is 0 Å². The standard InChI is InChI=1S/C21H32N6/c1-22-21(27-11-10-18(16-27)19-13-24-26(4)15-19)23-14-20(25(2)3)12-17-8-6-5-7-9-17/h5-9,13,15,18,20H,10-12,14,16H2,1-4H3,(H,22,23). The van der Waals surface area contributed by atoms with E-state index < -0.39 is 0 Å². The highest BCUT2D eigenvalue weighted by Gasteiger charge is 2.27. The van der Waals surface area contributed by atoms with Crippen LogP contribution in [-0.4, -0.2) is 72.4 Å². The normalized spacial score (nSPS) is 18.9. The van der Waals surface area contributed by atoms with Crippen LogP contribution in [0, 0.1) is 0 Å². The molecule has 2 atom stereocenters. The Bertz CT molecular complexity index is 736. The fraction of sp³-hybridized carbons (Fsp3) is 0.524. The number of benzene rings is 1. The van der Waals surface area contributed by atoms with Crippen LogP contribution < -0.4 is 5.32 Å². The van der Waals surface area contributed by atoms with Crippen LogP contribution in [-0.2, 0) is 13.5 Å². The van der Waals surface area contributed by atoms with Crippen LogP contribution in [0.3, 0.4) is 0 Å². The van der Waals surface area contributed by atoms with Crippen molar-refractivity contribution in [3.8, 4) is 0 Å². The number of aliphatic imine (C=N–C) groups is 1. The van der Waals surface area contributed by atoms with E-state index in [1.807, 2.05) is 25.0 Å². The van der Waals surface area contributed by atoms with Crippen molar-refractivity contribution in [2.75, 3.05) is 40.8 Å². The number of hydrogen-bond acceptors (Lipinski definition) is 3. The molecule has 6 heteroatoms. The number of likely N-dealkylation sites (tertiary alicyclic amines) is 1. The van der Waals surface area contributed by atoms with Crippen molar-refractivity contribution in [3.05, 3.63) is 53.9 Å². The minimum absolute atomic E-state index is 0.417. The number of hydrogen-bond donors (Lipinski definition) is 1. The van der Waals surface area contributed by atoms with Gasteiger partial charge in [0.05, 0.1) is 6.20 Å². The number of aromatic nitrogens is 2. The van der Waals surface area contributed by atoms with Crippen molar-refractivity contribution < 1.29 is 0 Å². The van der Waals surface area contributed by atoms with Crippen molar-refractivity contribution in [1.82, 2.24) is 24.9 Å². The van der Waals surface area contributed by atoms with E-state index in [1.165, 1.54) is 11.1 Å². The van der Waals surface area contributed by atoms with Gasteiger partial charge in [0.15, 0.2) is 5.96 Å². The lowest BCUT2D eigenvalue weighted by Crippen LogP contribution is -2.47. The highest BCUT2D eigenvalue weighted by atomic mass is 15.3. The Hall–Kier alpha value is -2.34. The molecule has 0 aliphatic carbocycles. The first-order valence-electron chi connectivity index (χ1n) is 9.71. The maximum absolute atomic E-state index is 4.53. The highest BCUT2D eigenvalue weighted by molar-refractivity contribution is 5.80. The van der Waals surface area contributed by atoms with E-state index in [0.29, 0.717) is 12.0 Å². The first kappa shape index (κ1) is 19.4. The largest absolute Gasteiger partial charge is 0.355 e. The molecule has 1 aliphatic rings. The zero-order valence-electron chi connectivity index (χ0n) is 17.0. The Balaban J connectivity index is 1.56. The van der Waals surface area contributed by atoms with E-state index >= 15 is 0 Å². The lowest BCUT2D eigenvalue weighted by Gasteiger charge is -2.28. The van der Waals surface area contributed by atoms with Crippen LogP contribution >= 0.6 is 0 Å². The van der Waals surface area contributed by atoms with Gasteiger partial charge in [-0.2, -0.15) is 5.10 Å². The molecule has 2 heterocycles. The van der Waals surface area contributed by atoms with Crippen LogP contribution in [0.15, 0.2) is 47.7 Å². The molecule has 2 unspecified atom stereocenters. The number of nitrogens with one attached hydrogen (secondary N) is 1. The summed E-state index contributed by atoms with van der Waals surface area (Å²) in [6.07, 6.45) is 6.29. The highest BCUT2D eigenvalue weighted by Crippen LogP contribution is 2.26. The third-order valence-electron chi connectivity index (χ3n) is 5.44. The van der Waals surface area contributed by atoms with Crippen LogP contribution in [0.4, 0.5) is 0 Å². The molecule has 1 aromatic carbocycles. The summed E-state index contributed by atoms with van der Waals surface area (Å²) in [4.78, 5) is 9.19. The maximum atomic E-state index is 4.53. The number of likely N-dealkylation sites (N-methyl/N-ethyl adjacent to an activating group) is 1. The Labute approximate surface area is 162 Å². The summed E-state index contributed by atoms with van der Waals surface area (Å²) in [6, 6.07) is 11.1. The number of guanidine groups is 1. The average molecular weight is 369 g/mol. The van der Waals surface area contributed by atoms with Gasteiger partial charge in [-0.3, -0.25) is 9.67 Å². The van der Waals surface area contributed by atoms with Gasteiger partial charge in [-0.15, -0.1) is 0 Å². The fourth-order valence-corrected chi connectivity index (χ4v) is 3.74. The van der Waals surface area contributed by atoms with Crippen molar-refractivity contribution in [2.45, 2.75) is 24.8 Å². The average Bonchev–Trinajstić information content (AvgIpc) is 3.31. The van der Waals surface area contributed by atoms with E-state index in [9.17, 15) is 0 Å². The van der Waals surface area contributed by atoms with Crippen LogP contribution in [0.1, 0.15) is 23.5 Å². The summed E-state index contributed by atoms with van der Waals surface area (Å²) >= 11 is 0. The lowest BCUT2D eigenvalue weighted by molar-refractivity contribution is 0.288. The Morgan fingerprint density at radius 2 is 2.11 bits per heavy atom. The summed E-state index contributed by atoms with van der Waals surface area (Å²) in [6.45, 7) is 2.91. The molecule has 3 rings (SSSR count). The molecule has 0 spiro atoms. The van der Waals surface area contributed by atoms with Gasteiger partial charge in [-0.05, 0) is 38.1 Å². The molecule has 6 nitrogen and oxygen atoms in total. The molecule has 0 saturated carbocycles. The first-order chi connectivity index (χ1) is 13.1. The predicted octanol–water partition coefficient (Wildman–Crippen LogP) is 1.96. The summed E-state index contributed by atoms with van der Waals surface area (Å²) in [5.74, 6) is 1.53. The third kappa shape index (κ3) is 5.10. The van der Waals surface area contributed by atoms with E-state index in [1.54, 1.807) is 0 Å². The summed E-state index contributed by atoms with van der Waals surface area (Å²) in [5.41, 5.74) is 2.69. The zero-order valence-corrected chi connectivity index (χ0v) is 17.0. The number of aryl methyl sites for hydroxylation is 1. The molecular weight excluding hydrogens is 336 g/mol. The fourth-order valence-electron chi connectivity index (χ4n) is 3.74. The van der Waals surface area contributed by atoms with E-state index in [0.717, 1.165) is 38.4 Å². The Kier molecular flexibility index (Phi) is 6.50.